The van der Waals surface area contributed by atoms with E-state index >= 15 is 0 Å². The van der Waals surface area contributed by atoms with Crippen LogP contribution >= 0.6 is 15.9 Å². The Bertz CT molecular complexity index is 685. The standard InChI is InChI=1S/C14H10BrNO4/c15-10-6-2-1-4-8(10)13(18)16-11-7-3-5-9(12(11)17)14(19)20/h1-7,17H,(H,16,18)(H,19,20). The Labute approximate surface area is 123 Å². The van der Waals surface area contributed by atoms with Crippen molar-refractivity contribution in [1.29, 1.82) is 0 Å². The summed E-state index contributed by atoms with van der Waals surface area (Å²) in [4.78, 5) is 23.0. The van der Waals surface area contributed by atoms with E-state index in [9.17, 15) is 14.7 Å². The number of hydrogen-bond acceptors (Lipinski definition) is 3. The van der Waals surface area contributed by atoms with E-state index in [-0.39, 0.29) is 11.3 Å². The molecule has 20 heavy (non-hydrogen) atoms. The molecular weight excluding hydrogens is 326 g/mol. The first-order valence-corrected chi connectivity index (χ1v) is 6.41. The zero-order chi connectivity index (χ0) is 14.7. The summed E-state index contributed by atoms with van der Waals surface area (Å²) in [5, 5.41) is 21.2. The van der Waals surface area contributed by atoms with Crippen molar-refractivity contribution in [2.75, 3.05) is 5.32 Å². The van der Waals surface area contributed by atoms with Gasteiger partial charge in [0, 0.05) is 4.47 Å². The van der Waals surface area contributed by atoms with Crippen LogP contribution in [0.25, 0.3) is 0 Å². The number of carbonyl (C=O) groups excluding carboxylic acids is 1. The topological polar surface area (TPSA) is 86.6 Å². The molecule has 0 unspecified atom stereocenters. The number of rotatable bonds is 3. The van der Waals surface area contributed by atoms with E-state index in [1.807, 2.05) is 0 Å². The second-order valence-corrected chi connectivity index (χ2v) is 4.80. The van der Waals surface area contributed by atoms with Gasteiger partial charge in [0.15, 0.2) is 5.75 Å². The van der Waals surface area contributed by atoms with Gasteiger partial charge in [-0.25, -0.2) is 4.79 Å². The van der Waals surface area contributed by atoms with Gasteiger partial charge in [-0.2, -0.15) is 0 Å². The molecule has 102 valence electrons. The van der Waals surface area contributed by atoms with Crippen molar-refractivity contribution >= 4 is 33.5 Å². The third kappa shape index (κ3) is 2.80. The lowest BCUT2D eigenvalue weighted by molar-refractivity contribution is 0.0693. The molecule has 6 heteroatoms. The van der Waals surface area contributed by atoms with Crippen LogP contribution in [0, 0.1) is 0 Å². The molecule has 0 aromatic heterocycles. The number of carboxylic acid groups (broad SMARTS) is 1. The first-order chi connectivity index (χ1) is 9.50. The highest BCUT2D eigenvalue weighted by atomic mass is 79.9. The van der Waals surface area contributed by atoms with E-state index in [1.165, 1.54) is 18.2 Å². The molecule has 1 amide bonds. The number of amides is 1. The summed E-state index contributed by atoms with van der Waals surface area (Å²) >= 11 is 3.25. The Hall–Kier alpha value is -2.34. The van der Waals surface area contributed by atoms with Crippen molar-refractivity contribution in [2.45, 2.75) is 0 Å². The number of para-hydroxylation sites is 1. The van der Waals surface area contributed by atoms with E-state index in [4.69, 9.17) is 5.11 Å². The molecule has 0 bridgehead atoms. The van der Waals surface area contributed by atoms with Crippen LogP contribution in [0.2, 0.25) is 0 Å². The first kappa shape index (κ1) is 14.1. The fourth-order valence-electron chi connectivity index (χ4n) is 1.65. The van der Waals surface area contributed by atoms with Crippen LogP contribution in [0.5, 0.6) is 5.75 Å². The molecule has 2 rings (SSSR count). The maximum atomic E-state index is 12.1. The minimum atomic E-state index is -1.26. The van der Waals surface area contributed by atoms with Gasteiger partial charge in [-0.3, -0.25) is 4.79 Å². The number of phenols is 1. The summed E-state index contributed by atoms with van der Waals surface area (Å²) in [5.41, 5.74) is 0.160. The highest BCUT2D eigenvalue weighted by molar-refractivity contribution is 9.10. The monoisotopic (exact) mass is 335 g/mol. The Kier molecular flexibility index (Phi) is 4.05. The minimum Gasteiger partial charge on any atom is -0.505 e. The molecule has 0 spiro atoms. The third-order valence-corrected chi connectivity index (χ3v) is 3.32. The first-order valence-electron chi connectivity index (χ1n) is 5.62. The molecule has 2 aromatic rings. The fraction of sp³-hybridized carbons (Fsp3) is 0. The Morgan fingerprint density at radius 2 is 1.65 bits per heavy atom. The van der Waals surface area contributed by atoms with E-state index in [0.717, 1.165) is 0 Å². The van der Waals surface area contributed by atoms with Gasteiger partial charge in [0.05, 0.1) is 11.3 Å². The van der Waals surface area contributed by atoms with Gasteiger partial charge in [0.2, 0.25) is 0 Å². The smallest absolute Gasteiger partial charge is 0.339 e. The van der Waals surface area contributed by atoms with Crippen LogP contribution in [0.15, 0.2) is 46.9 Å². The second kappa shape index (κ2) is 5.75. The maximum absolute atomic E-state index is 12.1. The van der Waals surface area contributed by atoms with E-state index < -0.39 is 17.6 Å². The summed E-state index contributed by atoms with van der Waals surface area (Å²) in [6.07, 6.45) is 0. The largest absolute Gasteiger partial charge is 0.505 e. The maximum Gasteiger partial charge on any atom is 0.339 e. The number of anilines is 1. The predicted octanol–water partition coefficient (Wildman–Crippen LogP) is 3.11. The van der Waals surface area contributed by atoms with Gasteiger partial charge < -0.3 is 15.5 Å². The highest BCUT2D eigenvalue weighted by Crippen LogP contribution is 2.28. The lowest BCUT2D eigenvalue weighted by Gasteiger charge is -2.09. The van der Waals surface area contributed by atoms with Crippen molar-refractivity contribution in [3.8, 4) is 5.75 Å². The normalized spacial score (nSPS) is 10.1. The van der Waals surface area contributed by atoms with Crippen molar-refractivity contribution in [3.63, 3.8) is 0 Å². The molecule has 0 aliphatic carbocycles. The number of carboxylic acids is 1. The van der Waals surface area contributed by atoms with Crippen molar-refractivity contribution in [2.24, 2.45) is 0 Å². The fourth-order valence-corrected chi connectivity index (χ4v) is 2.12. The van der Waals surface area contributed by atoms with Gasteiger partial charge in [-0.05, 0) is 40.2 Å². The lowest BCUT2D eigenvalue weighted by atomic mass is 10.1. The summed E-state index contributed by atoms with van der Waals surface area (Å²) in [7, 11) is 0. The Morgan fingerprint density at radius 3 is 2.30 bits per heavy atom. The summed E-state index contributed by atoms with van der Waals surface area (Å²) in [6, 6.07) is 10.9. The molecular formula is C14H10BrNO4. The molecule has 2 aromatic carbocycles. The van der Waals surface area contributed by atoms with Crippen LogP contribution in [0.4, 0.5) is 5.69 Å². The summed E-state index contributed by atoms with van der Waals surface area (Å²) < 4.78 is 0.603. The van der Waals surface area contributed by atoms with Crippen LogP contribution < -0.4 is 5.32 Å². The van der Waals surface area contributed by atoms with E-state index in [1.54, 1.807) is 24.3 Å². The molecule has 0 aliphatic heterocycles. The quantitative estimate of drug-likeness (QED) is 0.752. The van der Waals surface area contributed by atoms with Crippen LogP contribution in [-0.4, -0.2) is 22.1 Å². The molecule has 0 heterocycles. The van der Waals surface area contributed by atoms with Gasteiger partial charge in [0.1, 0.15) is 5.56 Å². The molecule has 0 aliphatic rings. The second-order valence-electron chi connectivity index (χ2n) is 3.94. The van der Waals surface area contributed by atoms with Crippen LogP contribution in [0.3, 0.4) is 0 Å². The number of aromatic carboxylic acids is 1. The highest BCUT2D eigenvalue weighted by Gasteiger charge is 2.16. The van der Waals surface area contributed by atoms with Gasteiger partial charge in [-0.15, -0.1) is 0 Å². The molecule has 0 fully saturated rings. The Morgan fingerprint density at radius 1 is 1.00 bits per heavy atom. The molecule has 0 saturated heterocycles. The minimum absolute atomic E-state index is 0.0469. The zero-order valence-corrected chi connectivity index (χ0v) is 11.7. The van der Waals surface area contributed by atoms with Crippen LogP contribution in [0.1, 0.15) is 20.7 Å². The van der Waals surface area contributed by atoms with Crippen molar-refractivity contribution in [3.05, 3.63) is 58.1 Å². The third-order valence-electron chi connectivity index (χ3n) is 2.63. The van der Waals surface area contributed by atoms with Crippen molar-refractivity contribution in [1.82, 2.24) is 0 Å². The van der Waals surface area contributed by atoms with Crippen LogP contribution in [-0.2, 0) is 0 Å². The molecule has 3 N–H and O–H groups in total. The molecule has 5 nitrogen and oxygen atoms in total. The van der Waals surface area contributed by atoms with Crippen molar-refractivity contribution < 1.29 is 19.8 Å². The van der Waals surface area contributed by atoms with Gasteiger partial charge in [-0.1, -0.05) is 18.2 Å². The number of aromatic hydroxyl groups is 1. The average molecular weight is 336 g/mol. The average Bonchev–Trinajstić information content (AvgIpc) is 2.41. The number of benzene rings is 2. The predicted molar refractivity (Wildman–Crippen MR) is 77.2 cm³/mol. The SMILES string of the molecule is O=C(Nc1cccc(C(=O)O)c1O)c1ccccc1Br. The van der Waals surface area contributed by atoms with E-state index in [0.29, 0.717) is 10.0 Å². The zero-order valence-electron chi connectivity index (χ0n) is 10.1. The molecule has 0 atom stereocenters. The number of hydrogen-bond donors (Lipinski definition) is 3. The summed E-state index contributed by atoms with van der Waals surface area (Å²) in [5.74, 6) is -2.18. The lowest BCUT2D eigenvalue weighted by Crippen LogP contribution is -2.13. The number of nitrogens with one attached hydrogen (secondary N) is 1. The molecule has 0 saturated carbocycles. The number of carbonyl (C=O) groups is 2. The van der Waals surface area contributed by atoms with Gasteiger partial charge >= 0.3 is 5.97 Å². The Balaban J connectivity index is 2.32. The number of halogens is 1. The van der Waals surface area contributed by atoms with E-state index in [2.05, 4.69) is 21.2 Å². The van der Waals surface area contributed by atoms with Gasteiger partial charge in [0.25, 0.3) is 5.91 Å². The summed E-state index contributed by atoms with van der Waals surface area (Å²) in [6.45, 7) is 0. The molecule has 0 radical (unpaired) electrons.